The molecular formula is C19H14N2O. The molecule has 2 aromatic heterocycles. The Morgan fingerprint density at radius 1 is 1.00 bits per heavy atom. The molecule has 4 aromatic rings. The van der Waals surface area contributed by atoms with Crippen LogP contribution < -0.4 is 5.56 Å². The van der Waals surface area contributed by atoms with E-state index < -0.39 is 0 Å². The monoisotopic (exact) mass is 286 g/mol. The fourth-order valence-corrected chi connectivity index (χ4v) is 3.68. The molecule has 2 aromatic carbocycles. The standard InChI is InChI=1S/C19H14N2O/c22-19-15-11-13-5-1-2-9-16(13)20-17(15)14-8-3-6-12-7-4-10-21(19)18(12)14/h1-3,5-6,8-9,11H,4,7,10H2. The molecule has 0 saturated carbocycles. The van der Waals surface area contributed by atoms with Crippen LogP contribution in [0.15, 0.2) is 53.3 Å². The molecule has 22 heavy (non-hydrogen) atoms. The van der Waals surface area contributed by atoms with E-state index in [1.54, 1.807) is 0 Å². The van der Waals surface area contributed by atoms with Crippen LogP contribution in [0, 0.1) is 0 Å². The summed E-state index contributed by atoms with van der Waals surface area (Å²) >= 11 is 0. The Balaban J connectivity index is 2.11. The quantitative estimate of drug-likeness (QED) is 0.365. The third-order valence-corrected chi connectivity index (χ3v) is 4.67. The van der Waals surface area contributed by atoms with Crippen molar-refractivity contribution in [2.24, 2.45) is 0 Å². The summed E-state index contributed by atoms with van der Waals surface area (Å²) in [5.41, 5.74) is 4.20. The molecule has 106 valence electrons. The van der Waals surface area contributed by atoms with Crippen molar-refractivity contribution in [3.05, 3.63) is 64.4 Å². The average molecular weight is 286 g/mol. The van der Waals surface area contributed by atoms with Crippen LogP contribution in [0.25, 0.3) is 32.7 Å². The molecule has 1 aliphatic heterocycles. The van der Waals surface area contributed by atoms with Crippen molar-refractivity contribution >= 4 is 32.7 Å². The van der Waals surface area contributed by atoms with Crippen molar-refractivity contribution < 1.29 is 0 Å². The van der Waals surface area contributed by atoms with E-state index in [1.807, 2.05) is 34.9 Å². The van der Waals surface area contributed by atoms with Crippen LogP contribution in [0.3, 0.4) is 0 Å². The van der Waals surface area contributed by atoms with Gasteiger partial charge in [-0.25, -0.2) is 4.98 Å². The second-order valence-corrected chi connectivity index (χ2v) is 5.95. The summed E-state index contributed by atoms with van der Waals surface area (Å²) in [6, 6.07) is 16.3. The Morgan fingerprint density at radius 3 is 2.86 bits per heavy atom. The molecule has 3 heterocycles. The lowest BCUT2D eigenvalue weighted by Gasteiger charge is -2.20. The van der Waals surface area contributed by atoms with Gasteiger partial charge in [-0.15, -0.1) is 0 Å². The summed E-state index contributed by atoms with van der Waals surface area (Å²) in [6.07, 6.45) is 2.06. The highest BCUT2D eigenvalue weighted by atomic mass is 16.1. The lowest BCUT2D eigenvalue weighted by molar-refractivity contribution is 0.619. The Kier molecular flexibility index (Phi) is 2.26. The minimum atomic E-state index is 0.0907. The van der Waals surface area contributed by atoms with Crippen LogP contribution in [0.4, 0.5) is 0 Å². The number of rotatable bonds is 0. The Bertz CT molecular complexity index is 1120. The molecule has 5 rings (SSSR count). The molecule has 0 radical (unpaired) electrons. The molecule has 0 spiro atoms. The van der Waals surface area contributed by atoms with E-state index in [9.17, 15) is 4.79 Å². The van der Waals surface area contributed by atoms with E-state index in [4.69, 9.17) is 4.98 Å². The van der Waals surface area contributed by atoms with Crippen LogP contribution >= 0.6 is 0 Å². The zero-order valence-electron chi connectivity index (χ0n) is 12.0. The molecular weight excluding hydrogens is 272 g/mol. The van der Waals surface area contributed by atoms with Gasteiger partial charge in [-0.2, -0.15) is 0 Å². The molecule has 0 atom stereocenters. The number of aromatic nitrogens is 2. The van der Waals surface area contributed by atoms with Crippen molar-refractivity contribution in [2.75, 3.05) is 0 Å². The normalized spacial score (nSPS) is 14.0. The highest BCUT2D eigenvalue weighted by Gasteiger charge is 2.18. The van der Waals surface area contributed by atoms with E-state index >= 15 is 0 Å². The molecule has 0 unspecified atom stereocenters. The van der Waals surface area contributed by atoms with Crippen molar-refractivity contribution in [1.82, 2.24) is 9.55 Å². The number of nitrogens with zero attached hydrogens (tertiary/aromatic N) is 2. The van der Waals surface area contributed by atoms with Gasteiger partial charge in [-0.3, -0.25) is 4.79 Å². The minimum Gasteiger partial charge on any atom is -0.307 e. The smallest absolute Gasteiger partial charge is 0.260 e. The molecule has 0 N–H and O–H groups in total. The van der Waals surface area contributed by atoms with Gasteiger partial charge < -0.3 is 4.57 Å². The zero-order valence-corrected chi connectivity index (χ0v) is 12.0. The van der Waals surface area contributed by atoms with Gasteiger partial charge in [0.05, 0.1) is 21.9 Å². The van der Waals surface area contributed by atoms with Crippen LogP contribution in [-0.2, 0) is 13.0 Å². The van der Waals surface area contributed by atoms with E-state index in [0.717, 1.165) is 52.1 Å². The van der Waals surface area contributed by atoms with Gasteiger partial charge in [0.25, 0.3) is 5.56 Å². The van der Waals surface area contributed by atoms with Crippen molar-refractivity contribution in [1.29, 1.82) is 0 Å². The summed E-state index contributed by atoms with van der Waals surface area (Å²) in [5.74, 6) is 0. The van der Waals surface area contributed by atoms with Gasteiger partial charge in [0, 0.05) is 17.3 Å². The molecule has 0 fully saturated rings. The summed E-state index contributed by atoms with van der Waals surface area (Å²) in [7, 11) is 0. The fraction of sp³-hybridized carbons (Fsp3) is 0.158. The van der Waals surface area contributed by atoms with Gasteiger partial charge in [0.2, 0.25) is 0 Å². The van der Waals surface area contributed by atoms with Crippen molar-refractivity contribution in [3.8, 4) is 0 Å². The molecule has 1 aliphatic rings. The van der Waals surface area contributed by atoms with E-state index in [2.05, 4.69) is 18.2 Å². The zero-order chi connectivity index (χ0) is 14.7. The van der Waals surface area contributed by atoms with Gasteiger partial charge in [-0.1, -0.05) is 36.4 Å². The van der Waals surface area contributed by atoms with E-state index in [0.29, 0.717) is 0 Å². The molecule has 0 aliphatic carbocycles. The summed E-state index contributed by atoms with van der Waals surface area (Å²) in [4.78, 5) is 17.7. The van der Waals surface area contributed by atoms with E-state index in [-0.39, 0.29) is 5.56 Å². The van der Waals surface area contributed by atoms with Crippen LogP contribution in [-0.4, -0.2) is 9.55 Å². The molecule has 3 nitrogen and oxygen atoms in total. The second kappa shape index (κ2) is 4.17. The fourth-order valence-electron chi connectivity index (χ4n) is 3.68. The maximum Gasteiger partial charge on any atom is 0.260 e. The van der Waals surface area contributed by atoms with Gasteiger partial charge in [0.15, 0.2) is 0 Å². The Hall–Kier alpha value is -2.68. The Morgan fingerprint density at radius 2 is 1.91 bits per heavy atom. The van der Waals surface area contributed by atoms with Gasteiger partial charge in [-0.05, 0) is 30.5 Å². The largest absolute Gasteiger partial charge is 0.307 e. The van der Waals surface area contributed by atoms with E-state index in [1.165, 1.54) is 5.56 Å². The van der Waals surface area contributed by atoms with Crippen LogP contribution in [0.5, 0.6) is 0 Å². The number of benzene rings is 2. The summed E-state index contributed by atoms with van der Waals surface area (Å²) in [5, 5.41) is 2.84. The maximum atomic E-state index is 12.9. The number of para-hydroxylation sites is 2. The average Bonchev–Trinajstić information content (AvgIpc) is 2.58. The molecule has 0 bridgehead atoms. The van der Waals surface area contributed by atoms with Crippen molar-refractivity contribution in [3.63, 3.8) is 0 Å². The molecule has 0 saturated heterocycles. The number of aryl methyl sites for hydroxylation is 2. The predicted molar refractivity (Wildman–Crippen MR) is 89.3 cm³/mol. The maximum absolute atomic E-state index is 12.9. The first kappa shape index (κ1) is 11.9. The van der Waals surface area contributed by atoms with Crippen LogP contribution in [0.1, 0.15) is 12.0 Å². The summed E-state index contributed by atoms with van der Waals surface area (Å²) in [6.45, 7) is 0.801. The van der Waals surface area contributed by atoms with Crippen LogP contribution in [0.2, 0.25) is 0 Å². The molecule has 0 amide bonds. The predicted octanol–water partition coefficient (Wildman–Crippen LogP) is 3.65. The summed E-state index contributed by atoms with van der Waals surface area (Å²) < 4.78 is 1.94. The highest BCUT2D eigenvalue weighted by Crippen LogP contribution is 2.29. The lowest BCUT2D eigenvalue weighted by atomic mass is 9.99. The first-order chi connectivity index (χ1) is 10.8. The SMILES string of the molecule is O=c1c2cc3ccccc3nc2c2cccc3c2n1CCC3. The third kappa shape index (κ3) is 1.45. The number of hydrogen-bond donors (Lipinski definition) is 0. The Labute approximate surface area is 126 Å². The minimum absolute atomic E-state index is 0.0907. The first-order valence-electron chi connectivity index (χ1n) is 7.67. The number of pyridine rings is 2. The second-order valence-electron chi connectivity index (χ2n) is 5.95. The number of hydrogen-bond acceptors (Lipinski definition) is 2. The molecule has 3 heteroatoms. The third-order valence-electron chi connectivity index (χ3n) is 4.67. The van der Waals surface area contributed by atoms with Gasteiger partial charge >= 0.3 is 0 Å². The van der Waals surface area contributed by atoms with Gasteiger partial charge in [0.1, 0.15) is 0 Å². The first-order valence-corrected chi connectivity index (χ1v) is 7.67. The topological polar surface area (TPSA) is 34.9 Å². The lowest BCUT2D eigenvalue weighted by Crippen LogP contribution is -2.25. The van der Waals surface area contributed by atoms with Crippen molar-refractivity contribution in [2.45, 2.75) is 19.4 Å². The highest BCUT2D eigenvalue weighted by molar-refractivity contribution is 6.07. The number of fused-ring (bicyclic) bond motifs is 3.